The van der Waals surface area contributed by atoms with Crippen molar-refractivity contribution in [2.24, 2.45) is 0 Å². The van der Waals surface area contributed by atoms with Crippen molar-refractivity contribution in [1.29, 1.82) is 0 Å². The predicted molar refractivity (Wildman–Crippen MR) is 112 cm³/mol. The van der Waals surface area contributed by atoms with Crippen molar-refractivity contribution in [1.82, 2.24) is 4.90 Å². The summed E-state index contributed by atoms with van der Waals surface area (Å²) in [5, 5.41) is 11.1. The Morgan fingerprint density at radius 3 is 2.60 bits per heavy atom. The highest BCUT2D eigenvalue weighted by Gasteiger charge is 2.47. The van der Waals surface area contributed by atoms with Crippen molar-refractivity contribution >= 4 is 17.4 Å². The van der Waals surface area contributed by atoms with Gasteiger partial charge in [0.1, 0.15) is 11.5 Å². The van der Waals surface area contributed by atoms with E-state index in [1.54, 1.807) is 25.3 Å². The van der Waals surface area contributed by atoms with E-state index in [1.807, 2.05) is 37.3 Å². The smallest absolute Gasteiger partial charge is 0.295 e. The molecule has 0 spiro atoms. The topological polar surface area (TPSA) is 76.1 Å². The van der Waals surface area contributed by atoms with Crippen LogP contribution < -0.4 is 4.74 Å². The van der Waals surface area contributed by atoms with Crippen LogP contribution in [0.3, 0.4) is 0 Å². The van der Waals surface area contributed by atoms with Crippen molar-refractivity contribution in [3.05, 3.63) is 70.8 Å². The Bertz CT molecular complexity index is 992. The number of aliphatic hydroxyl groups excluding tert-OH is 1. The molecule has 4 rings (SSSR count). The van der Waals surface area contributed by atoms with Gasteiger partial charge in [-0.05, 0) is 49.1 Å². The normalized spacial score (nSPS) is 23.2. The van der Waals surface area contributed by atoms with Gasteiger partial charge in [0.2, 0.25) is 0 Å². The fourth-order valence-corrected chi connectivity index (χ4v) is 4.24. The molecule has 1 amide bonds. The third-order valence-electron chi connectivity index (χ3n) is 5.75. The minimum absolute atomic E-state index is 0.0994. The Morgan fingerprint density at radius 1 is 1.20 bits per heavy atom. The standard InChI is InChI=1S/C24H25NO5/c1-15-13-17(10-11-19(15)29-2)22(26)20-21(16-7-4-3-5-8-16)25(24(28)23(20)27)14-18-9-6-12-30-18/h3-5,7-8,10-11,13,18,21,26H,6,9,12,14H2,1-2H3/b22-20-. The lowest BCUT2D eigenvalue weighted by atomic mass is 9.94. The van der Waals surface area contributed by atoms with E-state index in [9.17, 15) is 14.7 Å². The summed E-state index contributed by atoms with van der Waals surface area (Å²) in [6, 6.07) is 13.9. The Balaban J connectivity index is 1.81. The molecular formula is C24H25NO5. The summed E-state index contributed by atoms with van der Waals surface area (Å²) in [5.41, 5.74) is 2.19. The second kappa shape index (κ2) is 8.32. The van der Waals surface area contributed by atoms with Crippen LogP contribution in [0, 0.1) is 6.92 Å². The molecule has 0 bridgehead atoms. The molecule has 2 saturated heterocycles. The van der Waals surface area contributed by atoms with Gasteiger partial charge in [0, 0.05) is 18.7 Å². The number of methoxy groups -OCH3 is 1. The summed E-state index contributed by atoms with van der Waals surface area (Å²) in [7, 11) is 1.58. The molecule has 2 fully saturated rings. The van der Waals surface area contributed by atoms with Gasteiger partial charge in [0.05, 0.1) is 24.8 Å². The van der Waals surface area contributed by atoms with Crippen LogP contribution >= 0.6 is 0 Å². The van der Waals surface area contributed by atoms with Crippen LogP contribution in [-0.2, 0) is 14.3 Å². The molecule has 2 unspecified atom stereocenters. The van der Waals surface area contributed by atoms with E-state index in [2.05, 4.69) is 0 Å². The third kappa shape index (κ3) is 3.59. The van der Waals surface area contributed by atoms with E-state index in [0.717, 1.165) is 24.0 Å². The van der Waals surface area contributed by atoms with Crippen molar-refractivity contribution in [2.45, 2.75) is 31.9 Å². The number of rotatable bonds is 5. The number of Topliss-reactive ketones (excluding diaryl/α,β-unsaturated/α-hetero) is 1. The van der Waals surface area contributed by atoms with Crippen LogP contribution in [0.4, 0.5) is 0 Å². The molecule has 2 aromatic rings. The molecular weight excluding hydrogens is 382 g/mol. The van der Waals surface area contributed by atoms with E-state index in [0.29, 0.717) is 24.5 Å². The molecule has 0 aliphatic carbocycles. The highest BCUT2D eigenvalue weighted by atomic mass is 16.5. The zero-order chi connectivity index (χ0) is 21.3. The molecule has 0 radical (unpaired) electrons. The van der Waals surface area contributed by atoms with E-state index in [1.165, 1.54) is 4.90 Å². The number of benzene rings is 2. The van der Waals surface area contributed by atoms with Crippen LogP contribution in [0.2, 0.25) is 0 Å². The van der Waals surface area contributed by atoms with Gasteiger partial charge in [-0.2, -0.15) is 0 Å². The molecule has 2 aliphatic rings. The summed E-state index contributed by atoms with van der Waals surface area (Å²) >= 11 is 0. The van der Waals surface area contributed by atoms with E-state index >= 15 is 0 Å². The van der Waals surface area contributed by atoms with Gasteiger partial charge in [-0.15, -0.1) is 0 Å². The number of aliphatic hydroxyl groups is 1. The number of hydrogen-bond donors (Lipinski definition) is 1. The van der Waals surface area contributed by atoms with Crippen molar-refractivity contribution < 1.29 is 24.2 Å². The largest absolute Gasteiger partial charge is 0.507 e. The van der Waals surface area contributed by atoms with Crippen LogP contribution in [0.15, 0.2) is 54.1 Å². The Morgan fingerprint density at radius 2 is 1.97 bits per heavy atom. The molecule has 0 saturated carbocycles. The molecule has 2 atom stereocenters. The van der Waals surface area contributed by atoms with Gasteiger partial charge in [-0.1, -0.05) is 30.3 Å². The lowest BCUT2D eigenvalue weighted by molar-refractivity contribution is -0.140. The molecule has 2 heterocycles. The van der Waals surface area contributed by atoms with Crippen LogP contribution in [0.25, 0.3) is 5.76 Å². The fourth-order valence-electron chi connectivity index (χ4n) is 4.24. The number of likely N-dealkylation sites (tertiary alicyclic amines) is 1. The maximum absolute atomic E-state index is 13.0. The molecule has 30 heavy (non-hydrogen) atoms. The first-order chi connectivity index (χ1) is 14.5. The van der Waals surface area contributed by atoms with Crippen LogP contribution in [-0.4, -0.2) is 48.1 Å². The second-order valence-corrected chi connectivity index (χ2v) is 7.68. The number of amides is 1. The number of hydrogen-bond acceptors (Lipinski definition) is 5. The first-order valence-corrected chi connectivity index (χ1v) is 10.1. The minimum Gasteiger partial charge on any atom is -0.507 e. The van der Waals surface area contributed by atoms with Gasteiger partial charge in [0.15, 0.2) is 0 Å². The molecule has 2 aliphatic heterocycles. The number of carbonyl (C=O) groups is 2. The van der Waals surface area contributed by atoms with Gasteiger partial charge in [-0.3, -0.25) is 9.59 Å². The summed E-state index contributed by atoms with van der Waals surface area (Å²) in [4.78, 5) is 27.5. The van der Waals surface area contributed by atoms with E-state index < -0.39 is 17.7 Å². The highest BCUT2D eigenvalue weighted by Crippen LogP contribution is 2.40. The third-order valence-corrected chi connectivity index (χ3v) is 5.75. The average Bonchev–Trinajstić information content (AvgIpc) is 3.36. The average molecular weight is 407 g/mol. The molecule has 1 N–H and O–H groups in total. The molecule has 6 nitrogen and oxygen atoms in total. The van der Waals surface area contributed by atoms with Gasteiger partial charge < -0.3 is 19.5 Å². The lowest BCUT2D eigenvalue weighted by Crippen LogP contribution is -2.36. The van der Waals surface area contributed by atoms with Gasteiger partial charge in [-0.25, -0.2) is 0 Å². The Kier molecular flexibility index (Phi) is 5.59. The number of carbonyl (C=O) groups excluding carboxylic acids is 2. The van der Waals surface area contributed by atoms with Crippen molar-refractivity contribution in [3.63, 3.8) is 0 Å². The minimum atomic E-state index is -0.673. The maximum Gasteiger partial charge on any atom is 0.295 e. The van der Waals surface area contributed by atoms with Crippen molar-refractivity contribution in [3.8, 4) is 5.75 Å². The second-order valence-electron chi connectivity index (χ2n) is 7.68. The van der Waals surface area contributed by atoms with Crippen LogP contribution in [0.1, 0.15) is 35.6 Å². The Labute approximate surface area is 175 Å². The SMILES string of the molecule is COc1ccc(/C(O)=C2/C(=O)C(=O)N(CC3CCCO3)C2c2ccccc2)cc1C. The van der Waals surface area contributed by atoms with Crippen LogP contribution in [0.5, 0.6) is 5.75 Å². The summed E-state index contributed by atoms with van der Waals surface area (Å²) in [6.07, 6.45) is 1.69. The summed E-state index contributed by atoms with van der Waals surface area (Å²) in [6.45, 7) is 2.85. The molecule has 0 aromatic heterocycles. The first-order valence-electron chi connectivity index (χ1n) is 10.1. The fraction of sp³-hybridized carbons (Fsp3) is 0.333. The molecule has 6 heteroatoms. The number of ether oxygens (including phenoxy) is 2. The van der Waals surface area contributed by atoms with E-state index in [-0.39, 0.29) is 17.4 Å². The summed E-state index contributed by atoms with van der Waals surface area (Å²) in [5.74, 6) is -0.772. The highest BCUT2D eigenvalue weighted by molar-refractivity contribution is 6.46. The number of ketones is 1. The molecule has 156 valence electrons. The van der Waals surface area contributed by atoms with Gasteiger partial charge in [0.25, 0.3) is 11.7 Å². The monoisotopic (exact) mass is 407 g/mol. The lowest BCUT2D eigenvalue weighted by Gasteiger charge is -2.27. The number of aryl methyl sites for hydroxylation is 1. The number of nitrogens with zero attached hydrogens (tertiary/aromatic N) is 1. The summed E-state index contributed by atoms with van der Waals surface area (Å²) < 4.78 is 11.0. The van der Waals surface area contributed by atoms with E-state index in [4.69, 9.17) is 9.47 Å². The zero-order valence-corrected chi connectivity index (χ0v) is 17.1. The van der Waals surface area contributed by atoms with Crippen molar-refractivity contribution in [2.75, 3.05) is 20.3 Å². The quantitative estimate of drug-likeness (QED) is 0.466. The predicted octanol–water partition coefficient (Wildman–Crippen LogP) is 3.60. The first kappa shape index (κ1) is 20.2. The molecule has 2 aromatic carbocycles. The van der Waals surface area contributed by atoms with Gasteiger partial charge >= 0.3 is 0 Å². The Hall–Kier alpha value is -3.12. The zero-order valence-electron chi connectivity index (χ0n) is 17.1. The maximum atomic E-state index is 13.0.